The van der Waals surface area contributed by atoms with Gasteiger partial charge in [0.05, 0.1) is 5.56 Å². The molecule has 0 saturated carbocycles. The molecule has 0 amide bonds. The zero-order chi connectivity index (χ0) is 10.8. The van der Waals surface area contributed by atoms with E-state index in [0.29, 0.717) is 13.2 Å². The lowest BCUT2D eigenvalue weighted by atomic mass is 10.1. The highest BCUT2D eigenvalue weighted by molar-refractivity contribution is 6.17. The predicted octanol–water partition coefficient (Wildman–Crippen LogP) is 1.92. The summed E-state index contributed by atoms with van der Waals surface area (Å²) < 4.78 is 41.2. The molecule has 0 heterocycles. The molecule has 0 aromatic heterocycles. The topological polar surface area (TPSA) is 29.5 Å². The van der Waals surface area contributed by atoms with Crippen LogP contribution in [0, 0.1) is 6.92 Å². The SMILES string of the molecule is Cc1cc(O[B]O)cc(C(F)(F)F)c1. The molecule has 1 radical (unpaired) electrons. The molecule has 0 aliphatic carbocycles. The number of hydrogen-bond donors (Lipinski definition) is 1. The van der Waals surface area contributed by atoms with Crippen molar-refractivity contribution in [3.05, 3.63) is 29.3 Å². The van der Waals surface area contributed by atoms with E-state index in [1.165, 1.54) is 13.0 Å². The Balaban J connectivity index is 3.07. The average molecular weight is 203 g/mol. The first-order valence-electron chi connectivity index (χ1n) is 3.75. The van der Waals surface area contributed by atoms with Crippen LogP contribution in [-0.2, 0) is 6.18 Å². The Morgan fingerprint density at radius 3 is 2.43 bits per heavy atom. The van der Waals surface area contributed by atoms with E-state index in [1.54, 1.807) is 0 Å². The second-order valence-corrected chi connectivity index (χ2v) is 2.76. The fourth-order valence-corrected chi connectivity index (χ4v) is 1.04. The van der Waals surface area contributed by atoms with Gasteiger partial charge in [-0.2, -0.15) is 13.2 Å². The molecule has 1 aromatic rings. The van der Waals surface area contributed by atoms with Crippen molar-refractivity contribution in [1.82, 2.24) is 0 Å². The monoisotopic (exact) mass is 203 g/mol. The lowest BCUT2D eigenvalue weighted by molar-refractivity contribution is -0.137. The molecule has 1 N–H and O–H groups in total. The van der Waals surface area contributed by atoms with Crippen molar-refractivity contribution >= 4 is 7.69 Å². The molecule has 0 spiro atoms. The van der Waals surface area contributed by atoms with Gasteiger partial charge in [0, 0.05) is 0 Å². The maximum absolute atomic E-state index is 12.3. The highest BCUT2D eigenvalue weighted by Gasteiger charge is 2.31. The summed E-state index contributed by atoms with van der Waals surface area (Å²) in [7, 11) is 0.342. The van der Waals surface area contributed by atoms with Gasteiger partial charge in [0.1, 0.15) is 5.75 Å². The van der Waals surface area contributed by atoms with Crippen LogP contribution in [0.15, 0.2) is 18.2 Å². The van der Waals surface area contributed by atoms with Gasteiger partial charge in [0.2, 0.25) is 0 Å². The predicted molar refractivity (Wildman–Crippen MR) is 44.8 cm³/mol. The number of benzene rings is 1. The summed E-state index contributed by atoms with van der Waals surface area (Å²) in [5.41, 5.74) is -0.383. The second kappa shape index (κ2) is 3.92. The minimum atomic E-state index is -4.40. The number of hydrogen-bond acceptors (Lipinski definition) is 2. The lowest BCUT2D eigenvalue weighted by Crippen LogP contribution is -2.07. The first-order chi connectivity index (χ1) is 6.43. The van der Waals surface area contributed by atoms with Crippen LogP contribution in [0.4, 0.5) is 13.2 Å². The molecular formula is C8H7BF3O2. The molecule has 1 rings (SSSR count). The number of alkyl halides is 3. The van der Waals surface area contributed by atoms with Gasteiger partial charge in [-0.1, -0.05) is 0 Å². The molecular weight excluding hydrogens is 196 g/mol. The van der Waals surface area contributed by atoms with E-state index in [2.05, 4.69) is 4.65 Å². The maximum atomic E-state index is 12.3. The first-order valence-corrected chi connectivity index (χ1v) is 3.75. The quantitative estimate of drug-likeness (QED) is 0.743. The fourth-order valence-electron chi connectivity index (χ4n) is 1.04. The molecule has 6 heteroatoms. The number of halogens is 3. The summed E-state index contributed by atoms with van der Waals surface area (Å²) in [6, 6.07) is 3.21. The Hall–Kier alpha value is -1.17. The smallest absolute Gasteiger partial charge is 0.537 e. The van der Waals surface area contributed by atoms with Gasteiger partial charge >= 0.3 is 13.9 Å². The third-order valence-electron chi connectivity index (χ3n) is 1.57. The van der Waals surface area contributed by atoms with E-state index in [1.807, 2.05) is 0 Å². The van der Waals surface area contributed by atoms with Crippen LogP contribution in [0.1, 0.15) is 11.1 Å². The molecule has 0 unspecified atom stereocenters. The Kier molecular flexibility index (Phi) is 3.05. The lowest BCUT2D eigenvalue weighted by Gasteiger charge is -2.10. The minimum Gasteiger partial charge on any atom is -0.537 e. The molecule has 0 saturated heterocycles. The second-order valence-electron chi connectivity index (χ2n) is 2.76. The highest BCUT2D eigenvalue weighted by Crippen LogP contribution is 2.32. The van der Waals surface area contributed by atoms with Crippen molar-refractivity contribution in [2.24, 2.45) is 0 Å². The Labute approximate surface area is 79.6 Å². The summed E-state index contributed by atoms with van der Waals surface area (Å²) in [6.07, 6.45) is -4.40. The van der Waals surface area contributed by atoms with Gasteiger partial charge < -0.3 is 9.68 Å². The highest BCUT2D eigenvalue weighted by atomic mass is 19.4. The molecule has 2 nitrogen and oxygen atoms in total. The normalized spacial score (nSPS) is 11.2. The van der Waals surface area contributed by atoms with Gasteiger partial charge in [-0.3, -0.25) is 0 Å². The maximum Gasteiger partial charge on any atom is 0.569 e. The van der Waals surface area contributed by atoms with Crippen LogP contribution in [-0.4, -0.2) is 12.7 Å². The van der Waals surface area contributed by atoms with Gasteiger partial charge in [-0.25, -0.2) is 0 Å². The molecule has 0 bridgehead atoms. The summed E-state index contributed by atoms with van der Waals surface area (Å²) in [5, 5.41) is 8.28. The largest absolute Gasteiger partial charge is 0.569 e. The van der Waals surface area contributed by atoms with Crippen molar-refractivity contribution in [2.75, 3.05) is 0 Å². The van der Waals surface area contributed by atoms with Crippen LogP contribution in [0.25, 0.3) is 0 Å². The van der Waals surface area contributed by atoms with Crippen LogP contribution in [0.2, 0.25) is 0 Å². The van der Waals surface area contributed by atoms with Gasteiger partial charge in [0.15, 0.2) is 0 Å². The molecule has 75 valence electrons. The summed E-state index contributed by atoms with van der Waals surface area (Å²) >= 11 is 0. The van der Waals surface area contributed by atoms with Crippen LogP contribution < -0.4 is 4.65 Å². The number of rotatable bonds is 2. The van der Waals surface area contributed by atoms with Crippen molar-refractivity contribution in [3.63, 3.8) is 0 Å². The zero-order valence-electron chi connectivity index (χ0n) is 7.30. The van der Waals surface area contributed by atoms with Crippen molar-refractivity contribution in [3.8, 4) is 5.75 Å². The van der Waals surface area contributed by atoms with Crippen molar-refractivity contribution in [2.45, 2.75) is 13.1 Å². The van der Waals surface area contributed by atoms with Crippen LogP contribution >= 0.6 is 0 Å². The van der Waals surface area contributed by atoms with Crippen molar-refractivity contribution < 1.29 is 22.8 Å². The van der Waals surface area contributed by atoms with Gasteiger partial charge in [-0.15, -0.1) is 0 Å². The molecule has 0 aliphatic rings. The minimum absolute atomic E-state index is 0.0418. The number of aryl methyl sites for hydroxylation is 1. The molecule has 14 heavy (non-hydrogen) atoms. The fraction of sp³-hybridized carbons (Fsp3) is 0.250. The molecule has 1 aromatic carbocycles. The Morgan fingerprint density at radius 2 is 1.93 bits per heavy atom. The first kappa shape index (κ1) is 10.9. The van der Waals surface area contributed by atoms with Gasteiger partial charge in [0.25, 0.3) is 0 Å². The molecule has 0 atom stereocenters. The van der Waals surface area contributed by atoms with E-state index in [-0.39, 0.29) is 5.75 Å². The van der Waals surface area contributed by atoms with E-state index >= 15 is 0 Å². The van der Waals surface area contributed by atoms with Crippen LogP contribution in [0.3, 0.4) is 0 Å². The third kappa shape index (κ3) is 2.66. The van der Waals surface area contributed by atoms with E-state index in [9.17, 15) is 13.2 Å². The molecule has 0 fully saturated rings. The summed E-state index contributed by atoms with van der Waals surface area (Å²) in [5.74, 6) is -0.0418. The average Bonchev–Trinajstić information content (AvgIpc) is 2.02. The molecule has 0 aliphatic heterocycles. The Bertz CT molecular complexity index is 325. The standard InChI is InChI=1S/C8H7BF3O2/c1-5-2-6(8(10,11)12)4-7(3-5)14-9-13/h2-4,13H,1H3. The Morgan fingerprint density at radius 1 is 1.29 bits per heavy atom. The van der Waals surface area contributed by atoms with Crippen molar-refractivity contribution in [1.29, 1.82) is 0 Å². The zero-order valence-corrected chi connectivity index (χ0v) is 7.30. The van der Waals surface area contributed by atoms with E-state index in [4.69, 9.17) is 5.02 Å². The summed E-state index contributed by atoms with van der Waals surface area (Å²) in [4.78, 5) is 0. The summed E-state index contributed by atoms with van der Waals surface area (Å²) in [6.45, 7) is 1.51. The van der Waals surface area contributed by atoms with Crippen LogP contribution in [0.5, 0.6) is 5.75 Å². The van der Waals surface area contributed by atoms with E-state index in [0.717, 1.165) is 12.1 Å². The van der Waals surface area contributed by atoms with E-state index < -0.39 is 11.7 Å². The van der Waals surface area contributed by atoms with Gasteiger partial charge in [-0.05, 0) is 30.7 Å². The third-order valence-corrected chi connectivity index (χ3v) is 1.57.